The van der Waals surface area contributed by atoms with Crippen molar-refractivity contribution >= 4 is 0 Å². The summed E-state index contributed by atoms with van der Waals surface area (Å²) in [5.41, 5.74) is 0. The minimum atomic E-state index is -0.126. The number of likely N-dealkylation sites (N-methyl/N-ethyl adjacent to an activating group) is 2. The Bertz CT molecular complexity index is 185. The summed E-state index contributed by atoms with van der Waals surface area (Å²) < 4.78 is 0. The quantitative estimate of drug-likeness (QED) is 0.225. The Labute approximate surface area is 122 Å². The molecule has 0 radical (unpaired) electrons. The highest BCUT2D eigenvalue weighted by atomic mass is 16.3. The van der Waals surface area contributed by atoms with Crippen LogP contribution in [0.5, 0.6) is 0 Å². The maximum atomic E-state index is 9.11. The molecule has 20 heavy (non-hydrogen) atoms. The molecule has 7 nitrogen and oxygen atoms in total. The number of nitrogens with one attached hydrogen (secondary N) is 1. The summed E-state index contributed by atoms with van der Waals surface area (Å²) in [5, 5.41) is 37.8. The second kappa shape index (κ2) is 16.8. The lowest BCUT2D eigenvalue weighted by atomic mass is 10.3. The Balaban J connectivity index is 0. The molecule has 124 valence electrons. The van der Waals surface area contributed by atoms with Crippen molar-refractivity contribution in [2.24, 2.45) is 0 Å². The van der Waals surface area contributed by atoms with Gasteiger partial charge in [0, 0.05) is 19.7 Å². The van der Waals surface area contributed by atoms with E-state index in [9.17, 15) is 0 Å². The summed E-state index contributed by atoms with van der Waals surface area (Å²) >= 11 is 0. The highest BCUT2D eigenvalue weighted by Crippen LogP contribution is 1.95. The van der Waals surface area contributed by atoms with Crippen LogP contribution in [0.1, 0.15) is 13.3 Å². The van der Waals surface area contributed by atoms with Gasteiger partial charge in [-0.2, -0.15) is 0 Å². The molecule has 0 rings (SSSR count). The molecule has 0 aliphatic carbocycles. The van der Waals surface area contributed by atoms with Crippen molar-refractivity contribution in [1.82, 2.24) is 15.1 Å². The lowest BCUT2D eigenvalue weighted by Gasteiger charge is -2.29. The molecular weight excluding hydrogens is 262 g/mol. The van der Waals surface area contributed by atoms with E-state index < -0.39 is 0 Å². The van der Waals surface area contributed by atoms with Crippen molar-refractivity contribution in [3.63, 3.8) is 0 Å². The normalized spacial score (nSPS) is 12.4. The molecule has 0 aromatic heterocycles. The Morgan fingerprint density at radius 1 is 0.950 bits per heavy atom. The highest BCUT2D eigenvalue weighted by Gasteiger charge is 2.13. The van der Waals surface area contributed by atoms with E-state index in [0.29, 0.717) is 19.5 Å². The van der Waals surface area contributed by atoms with Gasteiger partial charge in [-0.05, 0) is 33.6 Å². The van der Waals surface area contributed by atoms with Crippen LogP contribution in [0.3, 0.4) is 0 Å². The Morgan fingerprint density at radius 2 is 1.55 bits per heavy atom. The summed E-state index contributed by atoms with van der Waals surface area (Å²) in [7, 11) is 3.85. The largest absolute Gasteiger partial charge is 0.396 e. The molecule has 0 heterocycles. The van der Waals surface area contributed by atoms with Crippen LogP contribution in [0.4, 0.5) is 0 Å². The first-order valence-electron chi connectivity index (χ1n) is 7.12. The van der Waals surface area contributed by atoms with Crippen molar-refractivity contribution in [2.75, 3.05) is 66.7 Å². The van der Waals surface area contributed by atoms with Gasteiger partial charge in [0.05, 0.1) is 26.0 Å². The molecule has 0 aliphatic rings. The van der Waals surface area contributed by atoms with Crippen molar-refractivity contribution in [1.29, 1.82) is 0 Å². The minimum Gasteiger partial charge on any atom is -0.396 e. The zero-order chi connectivity index (χ0) is 15.8. The van der Waals surface area contributed by atoms with E-state index in [1.807, 2.05) is 30.8 Å². The van der Waals surface area contributed by atoms with Crippen LogP contribution in [-0.2, 0) is 0 Å². The van der Waals surface area contributed by atoms with Crippen LogP contribution < -0.4 is 5.32 Å². The molecule has 0 spiro atoms. The van der Waals surface area contributed by atoms with Gasteiger partial charge in [-0.3, -0.25) is 10.2 Å². The number of hydrogen-bond donors (Lipinski definition) is 5. The van der Waals surface area contributed by atoms with Gasteiger partial charge in [0.2, 0.25) is 0 Å². The van der Waals surface area contributed by atoms with Gasteiger partial charge in [-0.15, -0.1) is 0 Å². The average molecular weight is 295 g/mol. The number of rotatable bonds is 11. The molecule has 7 heteroatoms. The smallest absolute Gasteiger partial charge is 0.0836 e. The van der Waals surface area contributed by atoms with E-state index in [0.717, 1.165) is 13.1 Å². The third kappa shape index (κ3) is 14.1. The molecule has 1 unspecified atom stereocenters. The fourth-order valence-corrected chi connectivity index (χ4v) is 1.52. The van der Waals surface area contributed by atoms with Crippen molar-refractivity contribution < 1.29 is 20.4 Å². The zero-order valence-electron chi connectivity index (χ0n) is 13.1. The SMILES string of the molecule is CCN(CCO)C(CO)NCCCO.CN(C)CCO. The van der Waals surface area contributed by atoms with Crippen LogP contribution in [0.25, 0.3) is 0 Å². The van der Waals surface area contributed by atoms with Crippen LogP contribution in [0, 0.1) is 0 Å². The number of aliphatic hydroxyl groups is 4. The third-order valence-electron chi connectivity index (χ3n) is 2.67. The van der Waals surface area contributed by atoms with Crippen molar-refractivity contribution in [2.45, 2.75) is 19.5 Å². The Morgan fingerprint density at radius 3 is 1.85 bits per heavy atom. The maximum absolute atomic E-state index is 9.11. The molecule has 0 bridgehead atoms. The molecular formula is C13H33N3O4. The molecule has 0 saturated carbocycles. The summed E-state index contributed by atoms with van der Waals surface area (Å²) in [6.45, 7) is 5.25. The summed E-state index contributed by atoms with van der Waals surface area (Å²) in [5.74, 6) is 0. The first-order chi connectivity index (χ1) is 9.56. The van der Waals surface area contributed by atoms with E-state index in [4.69, 9.17) is 20.4 Å². The highest BCUT2D eigenvalue weighted by molar-refractivity contribution is 4.67. The Kier molecular flexibility index (Phi) is 18.5. The van der Waals surface area contributed by atoms with E-state index in [2.05, 4.69) is 5.32 Å². The second-order valence-corrected chi connectivity index (χ2v) is 4.61. The number of aliphatic hydroxyl groups excluding tert-OH is 4. The second-order valence-electron chi connectivity index (χ2n) is 4.61. The van der Waals surface area contributed by atoms with Gasteiger partial charge in [0.15, 0.2) is 0 Å². The fraction of sp³-hybridized carbons (Fsp3) is 1.00. The summed E-state index contributed by atoms with van der Waals surface area (Å²) in [6, 6.07) is 0. The van der Waals surface area contributed by atoms with E-state index in [-0.39, 0.29) is 32.6 Å². The lowest BCUT2D eigenvalue weighted by Crippen LogP contribution is -2.49. The van der Waals surface area contributed by atoms with Gasteiger partial charge in [-0.1, -0.05) is 6.92 Å². The predicted octanol–water partition coefficient (Wildman–Crippen LogP) is -1.87. The van der Waals surface area contributed by atoms with Crippen molar-refractivity contribution in [3.8, 4) is 0 Å². The number of hydrogen-bond acceptors (Lipinski definition) is 7. The van der Waals surface area contributed by atoms with Gasteiger partial charge in [0.1, 0.15) is 0 Å². The predicted molar refractivity (Wildman–Crippen MR) is 80.6 cm³/mol. The topological polar surface area (TPSA) is 99.4 Å². The summed E-state index contributed by atoms with van der Waals surface area (Å²) in [6.07, 6.45) is 0.548. The van der Waals surface area contributed by atoms with Crippen LogP contribution >= 0.6 is 0 Å². The molecule has 5 N–H and O–H groups in total. The zero-order valence-corrected chi connectivity index (χ0v) is 13.1. The maximum Gasteiger partial charge on any atom is 0.0836 e. The monoisotopic (exact) mass is 295 g/mol. The van der Waals surface area contributed by atoms with E-state index in [1.165, 1.54) is 0 Å². The summed E-state index contributed by atoms with van der Waals surface area (Å²) in [4.78, 5) is 3.89. The Hall–Kier alpha value is -0.280. The first-order valence-corrected chi connectivity index (χ1v) is 7.12. The van der Waals surface area contributed by atoms with Crippen LogP contribution in [0.2, 0.25) is 0 Å². The van der Waals surface area contributed by atoms with Crippen LogP contribution in [-0.4, -0.2) is 103 Å². The molecule has 0 aromatic carbocycles. The van der Waals surface area contributed by atoms with Crippen LogP contribution in [0.15, 0.2) is 0 Å². The lowest BCUT2D eigenvalue weighted by molar-refractivity contribution is 0.0843. The van der Waals surface area contributed by atoms with Gasteiger partial charge in [-0.25, -0.2) is 0 Å². The van der Waals surface area contributed by atoms with E-state index >= 15 is 0 Å². The fourth-order valence-electron chi connectivity index (χ4n) is 1.52. The number of nitrogens with zero attached hydrogens (tertiary/aromatic N) is 2. The first kappa shape index (κ1) is 22.0. The minimum absolute atomic E-state index is 0.0132. The standard InChI is InChI=1S/C9H22N2O3.C4H11NO/c1-2-11(5-7-13)9(8-14)10-4-3-6-12;1-5(2)3-4-6/h9-10,12-14H,2-8H2,1H3;6H,3-4H2,1-2H3. The van der Waals surface area contributed by atoms with Gasteiger partial charge < -0.3 is 25.3 Å². The molecule has 0 saturated heterocycles. The van der Waals surface area contributed by atoms with Crippen molar-refractivity contribution in [3.05, 3.63) is 0 Å². The molecule has 0 amide bonds. The average Bonchev–Trinajstić information content (AvgIpc) is 2.42. The van der Waals surface area contributed by atoms with Gasteiger partial charge >= 0.3 is 0 Å². The molecule has 1 atom stereocenters. The van der Waals surface area contributed by atoms with Gasteiger partial charge in [0.25, 0.3) is 0 Å². The van der Waals surface area contributed by atoms with E-state index in [1.54, 1.807) is 0 Å². The molecule has 0 aromatic rings. The molecule has 0 aliphatic heterocycles. The third-order valence-corrected chi connectivity index (χ3v) is 2.67. The molecule has 0 fully saturated rings.